The summed E-state index contributed by atoms with van der Waals surface area (Å²) in [7, 11) is 1.94. The summed E-state index contributed by atoms with van der Waals surface area (Å²) in [6, 6.07) is 13.8. The van der Waals surface area contributed by atoms with E-state index in [9.17, 15) is 14.0 Å². The largest absolute Gasteiger partial charge is 0.457 e. The molecule has 0 bridgehead atoms. The highest BCUT2D eigenvalue weighted by Gasteiger charge is 2.35. The SMILES string of the molecule is CC1CC(=O)N(Cc2cc(F)c(C(=O)NC3CCN(C4CCN(C)CC4F)CC3)cc2Oc2ccc(-c3ccc(C(C)C)nn3)cc2)C1. The van der Waals surface area contributed by atoms with Gasteiger partial charge in [0.05, 0.1) is 17.0 Å². The van der Waals surface area contributed by atoms with Crippen LogP contribution in [0.1, 0.15) is 74.0 Å². The molecule has 3 aromatic rings. The number of likely N-dealkylation sites (tertiary alicyclic amines) is 3. The Morgan fingerprint density at radius 3 is 2.40 bits per heavy atom. The first-order valence-electron chi connectivity index (χ1n) is 17.1. The molecule has 1 N–H and O–H groups in total. The van der Waals surface area contributed by atoms with Crippen LogP contribution in [0.4, 0.5) is 8.78 Å². The van der Waals surface area contributed by atoms with Crippen molar-refractivity contribution < 1.29 is 23.1 Å². The molecule has 2 aromatic carbocycles. The second-order valence-electron chi connectivity index (χ2n) is 14.1. The van der Waals surface area contributed by atoms with Gasteiger partial charge in [-0.3, -0.25) is 14.5 Å². The van der Waals surface area contributed by atoms with Crippen LogP contribution in [0.15, 0.2) is 48.5 Å². The zero-order valence-electron chi connectivity index (χ0n) is 28.3. The quantitative estimate of drug-likeness (QED) is 0.310. The van der Waals surface area contributed by atoms with Crippen LogP contribution in [-0.4, -0.2) is 94.7 Å². The molecule has 4 heterocycles. The number of carbonyl (C=O) groups excluding carboxylic acids is 2. The van der Waals surface area contributed by atoms with E-state index in [-0.39, 0.29) is 41.9 Å². The Morgan fingerprint density at radius 1 is 1.02 bits per heavy atom. The minimum Gasteiger partial charge on any atom is -0.457 e. The van der Waals surface area contributed by atoms with Crippen LogP contribution in [0.5, 0.6) is 11.5 Å². The Morgan fingerprint density at radius 2 is 1.77 bits per heavy atom. The van der Waals surface area contributed by atoms with Gasteiger partial charge in [-0.1, -0.05) is 20.8 Å². The van der Waals surface area contributed by atoms with Crippen LogP contribution in [0, 0.1) is 11.7 Å². The van der Waals surface area contributed by atoms with E-state index in [0.717, 1.165) is 29.9 Å². The summed E-state index contributed by atoms with van der Waals surface area (Å²) in [6.45, 7) is 9.58. The number of hydrogen-bond donors (Lipinski definition) is 1. The first kappa shape index (κ1) is 33.9. The monoisotopic (exact) mass is 660 g/mol. The third-order valence-electron chi connectivity index (χ3n) is 9.86. The number of amides is 2. The molecule has 256 valence electrons. The normalized spacial score (nSPS) is 22.8. The smallest absolute Gasteiger partial charge is 0.254 e. The Hall–Kier alpha value is -3.96. The number of nitrogens with zero attached hydrogens (tertiary/aromatic N) is 5. The summed E-state index contributed by atoms with van der Waals surface area (Å²) in [6.07, 6.45) is 1.69. The van der Waals surface area contributed by atoms with Gasteiger partial charge in [-0.05, 0) is 93.2 Å². The number of hydrogen-bond acceptors (Lipinski definition) is 7. The zero-order valence-corrected chi connectivity index (χ0v) is 28.3. The molecule has 48 heavy (non-hydrogen) atoms. The molecule has 0 spiro atoms. The number of nitrogens with one attached hydrogen (secondary N) is 1. The molecule has 0 aliphatic carbocycles. The molecule has 11 heteroatoms. The lowest BCUT2D eigenvalue weighted by atomic mass is 9.96. The molecule has 6 rings (SSSR count). The summed E-state index contributed by atoms with van der Waals surface area (Å²) >= 11 is 0. The van der Waals surface area contributed by atoms with Crippen molar-refractivity contribution in [3.05, 3.63) is 71.2 Å². The van der Waals surface area contributed by atoms with E-state index in [0.29, 0.717) is 62.5 Å². The lowest BCUT2D eigenvalue weighted by Gasteiger charge is -2.42. The molecule has 2 amide bonds. The minimum absolute atomic E-state index is 0.00953. The number of benzene rings is 2. The standard InChI is InChI=1S/C37H46F2N6O3/c1-23(2)32-9-10-33(42-41-32)25-5-7-28(8-6-25)48-35-19-29(30(38)18-26(35)21-45-20-24(3)17-36(45)46)37(47)40-27-11-15-44(16-12-27)34-13-14-43(4)22-31(34)39/h5-10,18-19,23-24,27,31,34H,11-17,20-22H2,1-4H3,(H,40,47). The van der Waals surface area contributed by atoms with Crippen molar-refractivity contribution >= 4 is 11.8 Å². The van der Waals surface area contributed by atoms with Crippen molar-refractivity contribution in [2.24, 2.45) is 5.92 Å². The van der Waals surface area contributed by atoms with Gasteiger partial charge in [0.2, 0.25) is 5.91 Å². The average molecular weight is 661 g/mol. The van der Waals surface area contributed by atoms with Crippen molar-refractivity contribution in [3.63, 3.8) is 0 Å². The Balaban J connectivity index is 1.17. The van der Waals surface area contributed by atoms with Crippen molar-refractivity contribution in [1.29, 1.82) is 0 Å². The molecule has 3 atom stereocenters. The van der Waals surface area contributed by atoms with Gasteiger partial charge in [-0.15, -0.1) is 0 Å². The molecule has 3 aliphatic rings. The number of aromatic nitrogens is 2. The molecule has 3 fully saturated rings. The fourth-order valence-corrected chi connectivity index (χ4v) is 7.03. The number of piperidine rings is 2. The zero-order chi connectivity index (χ0) is 33.9. The van der Waals surface area contributed by atoms with Crippen molar-refractivity contribution in [1.82, 2.24) is 30.2 Å². The van der Waals surface area contributed by atoms with Crippen molar-refractivity contribution in [2.45, 2.75) is 77.2 Å². The predicted octanol–water partition coefficient (Wildman–Crippen LogP) is 5.80. The van der Waals surface area contributed by atoms with Gasteiger partial charge in [0, 0.05) is 62.4 Å². The van der Waals surface area contributed by atoms with Crippen LogP contribution in [0.2, 0.25) is 0 Å². The first-order valence-corrected chi connectivity index (χ1v) is 17.1. The molecular weight excluding hydrogens is 614 g/mol. The average Bonchev–Trinajstić information content (AvgIpc) is 3.38. The summed E-state index contributed by atoms with van der Waals surface area (Å²) in [5.41, 5.74) is 2.88. The maximum Gasteiger partial charge on any atom is 0.254 e. The lowest BCUT2D eigenvalue weighted by Crippen LogP contribution is -2.55. The van der Waals surface area contributed by atoms with Crippen LogP contribution < -0.4 is 10.1 Å². The van der Waals surface area contributed by atoms with Crippen LogP contribution >= 0.6 is 0 Å². The highest BCUT2D eigenvalue weighted by molar-refractivity contribution is 5.95. The summed E-state index contributed by atoms with van der Waals surface area (Å²) < 4.78 is 36.7. The van der Waals surface area contributed by atoms with Gasteiger partial charge in [0.1, 0.15) is 23.5 Å². The maximum absolute atomic E-state index is 15.6. The number of alkyl halides is 1. The third kappa shape index (κ3) is 7.84. The van der Waals surface area contributed by atoms with E-state index < -0.39 is 17.9 Å². The van der Waals surface area contributed by atoms with Gasteiger partial charge < -0.3 is 19.9 Å². The van der Waals surface area contributed by atoms with Gasteiger partial charge in [-0.2, -0.15) is 10.2 Å². The topological polar surface area (TPSA) is 90.9 Å². The van der Waals surface area contributed by atoms with Crippen molar-refractivity contribution in [2.75, 3.05) is 39.8 Å². The molecule has 0 saturated carbocycles. The summed E-state index contributed by atoms with van der Waals surface area (Å²) in [5, 5.41) is 11.7. The summed E-state index contributed by atoms with van der Waals surface area (Å²) in [5.74, 6) is 0.129. The third-order valence-corrected chi connectivity index (χ3v) is 9.86. The van der Waals surface area contributed by atoms with Crippen LogP contribution in [-0.2, 0) is 11.3 Å². The van der Waals surface area contributed by atoms with E-state index >= 15 is 4.39 Å². The van der Waals surface area contributed by atoms with E-state index in [1.54, 1.807) is 17.0 Å². The van der Waals surface area contributed by atoms with Crippen LogP contribution in [0.3, 0.4) is 0 Å². The number of carbonyl (C=O) groups is 2. The molecule has 3 saturated heterocycles. The Kier molecular flexibility index (Phi) is 10.4. The van der Waals surface area contributed by atoms with Gasteiger partial charge in [-0.25, -0.2) is 8.78 Å². The molecule has 3 aliphatic heterocycles. The molecule has 0 radical (unpaired) electrons. The fourth-order valence-electron chi connectivity index (χ4n) is 7.03. The second-order valence-corrected chi connectivity index (χ2v) is 14.1. The first-order chi connectivity index (χ1) is 23.0. The van der Waals surface area contributed by atoms with E-state index in [2.05, 4.69) is 34.3 Å². The minimum atomic E-state index is -0.888. The van der Waals surface area contributed by atoms with Gasteiger partial charge in [0.25, 0.3) is 5.91 Å². The second kappa shape index (κ2) is 14.7. The fraction of sp³-hybridized carbons (Fsp3) is 0.514. The number of rotatable bonds is 9. The number of halogens is 2. The van der Waals surface area contributed by atoms with Crippen LogP contribution in [0.25, 0.3) is 11.3 Å². The predicted molar refractivity (Wildman–Crippen MR) is 180 cm³/mol. The van der Waals surface area contributed by atoms with Gasteiger partial charge >= 0.3 is 0 Å². The summed E-state index contributed by atoms with van der Waals surface area (Å²) in [4.78, 5) is 32.0. The van der Waals surface area contributed by atoms with E-state index in [1.807, 2.05) is 43.1 Å². The van der Waals surface area contributed by atoms with E-state index in [4.69, 9.17) is 4.74 Å². The molecule has 3 unspecified atom stereocenters. The Bertz CT molecular complexity index is 1590. The van der Waals surface area contributed by atoms with Gasteiger partial charge in [0.15, 0.2) is 0 Å². The Labute approximate surface area is 281 Å². The molecule has 9 nitrogen and oxygen atoms in total. The van der Waals surface area contributed by atoms with Crippen molar-refractivity contribution in [3.8, 4) is 22.8 Å². The molecule has 1 aromatic heterocycles. The highest BCUT2D eigenvalue weighted by Crippen LogP contribution is 2.33. The number of ether oxygens (including phenoxy) is 1. The maximum atomic E-state index is 15.6. The lowest BCUT2D eigenvalue weighted by molar-refractivity contribution is -0.128. The highest BCUT2D eigenvalue weighted by atomic mass is 19.1. The molecular formula is C37H46F2N6O3. The van der Waals surface area contributed by atoms with E-state index in [1.165, 1.54) is 12.1 Å².